The minimum absolute atomic E-state index is 0.576. The summed E-state index contributed by atoms with van der Waals surface area (Å²) in [7, 11) is 0. The van der Waals surface area contributed by atoms with E-state index < -0.39 is 0 Å². The fraction of sp³-hybridized carbons (Fsp3) is 0.400. The zero-order chi connectivity index (χ0) is 12.7. The summed E-state index contributed by atoms with van der Waals surface area (Å²) in [6.45, 7) is 1.99. The van der Waals surface area contributed by atoms with Crippen LogP contribution in [-0.4, -0.2) is 4.98 Å². The maximum atomic E-state index is 6.38. The molecule has 1 fully saturated rings. The van der Waals surface area contributed by atoms with Crippen molar-refractivity contribution in [1.82, 2.24) is 4.98 Å². The van der Waals surface area contributed by atoms with E-state index in [-0.39, 0.29) is 0 Å². The molecule has 1 aliphatic rings. The van der Waals surface area contributed by atoms with Gasteiger partial charge < -0.3 is 0 Å². The lowest BCUT2D eigenvalue weighted by Gasteiger charge is -2.11. The van der Waals surface area contributed by atoms with Crippen molar-refractivity contribution < 1.29 is 0 Å². The van der Waals surface area contributed by atoms with E-state index in [1.54, 1.807) is 0 Å². The summed E-state index contributed by atoms with van der Waals surface area (Å²) in [5, 5.41) is 2.55. The van der Waals surface area contributed by atoms with Crippen molar-refractivity contribution in [2.45, 2.75) is 38.5 Å². The molecule has 0 unspecified atom stereocenters. The number of pyridine rings is 1. The number of benzene rings is 1. The summed E-state index contributed by atoms with van der Waals surface area (Å²) in [4.78, 5) is 4.75. The number of hydrogen-bond acceptors (Lipinski definition) is 1. The van der Waals surface area contributed by atoms with Crippen LogP contribution < -0.4 is 0 Å². The summed E-state index contributed by atoms with van der Waals surface area (Å²) in [5.74, 6) is 0.576. The Morgan fingerprint density at radius 1 is 1.06 bits per heavy atom. The Balaban J connectivity index is 2.16. The van der Waals surface area contributed by atoms with Crippen LogP contribution in [0.5, 0.6) is 0 Å². The second-order valence-corrected chi connectivity index (χ2v) is 5.94. The molecule has 0 N–H and O–H groups in total. The van der Waals surface area contributed by atoms with Crippen LogP contribution in [0.4, 0.5) is 0 Å². The van der Waals surface area contributed by atoms with Crippen LogP contribution in [0.25, 0.3) is 10.9 Å². The highest BCUT2D eigenvalue weighted by atomic mass is 35.5. The highest BCUT2D eigenvalue weighted by Gasteiger charge is 2.19. The zero-order valence-corrected chi connectivity index (χ0v) is 11.9. The van der Waals surface area contributed by atoms with E-state index in [1.165, 1.54) is 25.7 Å². The van der Waals surface area contributed by atoms with E-state index in [4.69, 9.17) is 28.2 Å². The number of hydrogen-bond donors (Lipinski definition) is 0. The van der Waals surface area contributed by atoms with Crippen LogP contribution in [-0.2, 0) is 0 Å². The molecule has 0 spiro atoms. The molecule has 1 heterocycles. The van der Waals surface area contributed by atoms with Crippen LogP contribution in [0.1, 0.15) is 42.9 Å². The summed E-state index contributed by atoms with van der Waals surface area (Å²) >= 11 is 12.6. The minimum atomic E-state index is 0.576. The molecule has 0 saturated heterocycles. The van der Waals surface area contributed by atoms with Crippen LogP contribution >= 0.6 is 23.2 Å². The second-order valence-electron chi connectivity index (χ2n) is 5.13. The van der Waals surface area contributed by atoms with Crippen LogP contribution in [0, 0.1) is 6.92 Å². The Kier molecular flexibility index (Phi) is 3.21. The third-order valence-electron chi connectivity index (χ3n) is 3.83. The summed E-state index contributed by atoms with van der Waals surface area (Å²) < 4.78 is 0. The van der Waals surface area contributed by atoms with Crippen LogP contribution in [0.2, 0.25) is 10.0 Å². The highest BCUT2D eigenvalue weighted by Crippen LogP contribution is 2.36. The maximum absolute atomic E-state index is 6.38. The topological polar surface area (TPSA) is 12.9 Å². The number of aryl methyl sites for hydroxylation is 1. The van der Waals surface area contributed by atoms with Crippen molar-refractivity contribution in [2.75, 3.05) is 0 Å². The minimum Gasteiger partial charge on any atom is -0.252 e. The molecular weight excluding hydrogens is 265 g/mol. The van der Waals surface area contributed by atoms with Crippen molar-refractivity contribution in [2.24, 2.45) is 0 Å². The Hall–Kier alpha value is -0.790. The molecule has 1 aromatic heterocycles. The number of rotatable bonds is 1. The van der Waals surface area contributed by atoms with E-state index in [1.807, 2.05) is 25.1 Å². The normalized spacial score (nSPS) is 16.6. The fourth-order valence-corrected chi connectivity index (χ4v) is 3.19. The summed E-state index contributed by atoms with van der Waals surface area (Å²) in [6, 6.07) is 5.98. The Labute approximate surface area is 117 Å². The molecule has 2 aromatic rings. The van der Waals surface area contributed by atoms with Gasteiger partial charge in [-0.15, -0.1) is 0 Å². The van der Waals surface area contributed by atoms with Gasteiger partial charge >= 0.3 is 0 Å². The lowest BCUT2D eigenvalue weighted by Crippen LogP contribution is -1.97. The van der Waals surface area contributed by atoms with Gasteiger partial charge in [0.2, 0.25) is 0 Å². The molecule has 3 rings (SSSR count). The van der Waals surface area contributed by atoms with E-state index in [9.17, 15) is 0 Å². The molecule has 0 amide bonds. The molecule has 1 aromatic carbocycles. The first-order valence-corrected chi connectivity index (χ1v) is 7.17. The molecule has 0 atom stereocenters. The van der Waals surface area contributed by atoms with Gasteiger partial charge in [0.15, 0.2) is 0 Å². The lowest BCUT2D eigenvalue weighted by molar-refractivity contribution is 0.701. The third-order valence-corrected chi connectivity index (χ3v) is 4.55. The first-order chi connectivity index (χ1) is 8.65. The molecule has 1 nitrogen and oxygen atoms in total. The largest absolute Gasteiger partial charge is 0.252 e. The Bertz CT molecular complexity index is 601. The quantitative estimate of drug-likeness (QED) is 0.671. The van der Waals surface area contributed by atoms with Gasteiger partial charge in [0.1, 0.15) is 0 Å². The van der Waals surface area contributed by atoms with Gasteiger partial charge in [0.05, 0.1) is 10.5 Å². The van der Waals surface area contributed by atoms with Gasteiger partial charge in [-0.1, -0.05) is 36.0 Å². The molecule has 0 aliphatic heterocycles. The van der Waals surface area contributed by atoms with Gasteiger partial charge in [0, 0.05) is 22.0 Å². The van der Waals surface area contributed by atoms with Crippen LogP contribution in [0.15, 0.2) is 18.2 Å². The van der Waals surface area contributed by atoms with Gasteiger partial charge in [-0.3, -0.25) is 4.98 Å². The molecule has 18 heavy (non-hydrogen) atoms. The standard InChI is InChI=1S/C15H15Cl2N/c1-9-6-11-13(17)8-14(10-4-2-3-5-10)18-15(11)7-12(9)16/h6-8,10H,2-5H2,1H3. The molecule has 94 valence electrons. The highest BCUT2D eigenvalue weighted by molar-refractivity contribution is 6.36. The van der Waals surface area contributed by atoms with Crippen molar-refractivity contribution in [3.05, 3.63) is 39.5 Å². The molecule has 0 bridgehead atoms. The van der Waals surface area contributed by atoms with Crippen molar-refractivity contribution in [3.8, 4) is 0 Å². The van der Waals surface area contributed by atoms with Crippen molar-refractivity contribution in [1.29, 1.82) is 0 Å². The second kappa shape index (κ2) is 4.71. The first-order valence-electron chi connectivity index (χ1n) is 6.41. The molecule has 0 radical (unpaired) electrons. The monoisotopic (exact) mass is 279 g/mol. The van der Waals surface area contributed by atoms with Gasteiger partial charge in [0.25, 0.3) is 0 Å². The van der Waals surface area contributed by atoms with Gasteiger partial charge in [-0.05, 0) is 43.5 Å². The van der Waals surface area contributed by atoms with Gasteiger partial charge in [-0.2, -0.15) is 0 Å². The van der Waals surface area contributed by atoms with E-state index in [0.717, 1.165) is 32.2 Å². The number of fused-ring (bicyclic) bond motifs is 1. The summed E-state index contributed by atoms with van der Waals surface area (Å²) in [5.41, 5.74) is 3.09. The zero-order valence-electron chi connectivity index (χ0n) is 10.3. The number of aromatic nitrogens is 1. The van der Waals surface area contributed by atoms with E-state index in [2.05, 4.69) is 0 Å². The SMILES string of the molecule is Cc1cc2c(Cl)cc(C3CCCC3)nc2cc1Cl. The summed E-state index contributed by atoms with van der Waals surface area (Å²) in [6.07, 6.45) is 5.07. The molecular formula is C15H15Cl2N. The fourth-order valence-electron chi connectivity index (χ4n) is 2.76. The molecule has 1 saturated carbocycles. The predicted octanol–water partition coefficient (Wildman–Crippen LogP) is 5.51. The average molecular weight is 280 g/mol. The smallest absolute Gasteiger partial charge is 0.0735 e. The third kappa shape index (κ3) is 2.10. The Morgan fingerprint density at radius 2 is 1.78 bits per heavy atom. The maximum Gasteiger partial charge on any atom is 0.0735 e. The van der Waals surface area contributed by atoms with Gasteiger partial charge in [-0.25, -0.2) is 0 Å². The number of nitrogens with zero attached hydrogens (tertiary/aromatic N) is 1. The van der Waals surface area contributed by atoms with E-state index >= 15 is 0 Å². The molecule has 1 aliphatic carbocycles. The number of halogens is 2. The molecule has 3 heteroatoms. The average Bonchev–Trinajstić information content (AvgIpc) is 2.85. The Morgan fingerprint density at radius 3 is 2.50 bits per heavy atom. The van der Waals surface area contributed by atoms with Crippen molar-refractivity contribution >= 4 is 34.1 Å². The lowest BCUT2D eigenvalue weighted by atomic mass is 10.0. The van der Waals surface area contributed by atoms with Crippen LogP contribution in [0.3, 0.4) is 0 Å². The van der Waals surface area contributed by atoms with E-state index in [0.29, 0.717) is 5.92 Å². The van der Waals surface area contributed by atoms with Crippen molar-refractivity contribution in [3.63, 3.8) is 0 Å². The first kappa shape index (κ1) is 12.3. The predicted molar refractivity (Wildman–Crippen MR) is 77.7 cm³/mol.